The van der Waals surface area contributed by atoms with Gasteiger partial charge in [-0.15, -0.1) is 0 Å². The molecule has 11 nitrogen and oxygen atoms in total. The lowest BCUT2D eigenvalue weighted by molar-refractivity contribution is 0.0460. The highest BCUT2D eigenvalue weighted by Crippen LogP contribution is 2.30. The molecule has 0 spiro atoms. The maximum Gasteiger partial charge on any atom is 0.407 e. The van der Waals surface area contributed by atoms with Gasteiger partial charge in [0.2, 0.25) is 5.88 Å². The maximum absolute atomic E-state index is 14.1. The van der Waals surface area contributed by atoms with Crippen molar-refractivity contribution in [3.63, 3.8) is 0 Å². The van der Waals surface area contributed by atoms with E-state index in [0.717, 1.165) is 22.1 Å². The minimum Gasteiger partial charge on any atom is -0.477 e. The number of thioether (sulfide) groups is 1. The third kappa shape index (κ3) is 7.65. The molecule has 1 unspecified atom stereocenters. The fourth-order valence-electron chi connectivity index (χ4n) is 3.78. The van der Waals surface area contributed by atoms with Crippen molar-refractivity contribution in [3.05, 3.63) is 41.5 Å². The van der Waals surface area contributed by atoms with Crippen molar-refractivity contribution in [2.45, 2.75) is 44.1 Å². The smallest absolute Gasteiger partial charge is 0.407 e. The van der Waals surface area contributed by atoms with E-state index in [1.165, 1.54) is 23.1 Å². The number of piperazine rings is 1. The fourth-order valence-corrected chi connectivity index (χ4v) is 5.76. The van der Waals surface area contributed by atoms with Crippen LogP contribution in [-0.4, -0.2) is 82.8 Å². The first-order valence-electron chi connectivity index (χ1n) is 11.8. The van der Waals surface area contributed by atoms with Crippen molar-refractivity contribution < 1.29 is 36.9 Å². The Kier molecular flexibility index (Phi) is 9.73. The standard InChI is InChI=1S/C23H31F2N5O6S2/c1-23(2,3)17-13-29(8-9-30(17)22(32)33)38(34,35)28-18-12-19(36-11-5-10-31)27-21(26-18)37-14-15-6-4-7-16(24)20(15)25/h4,6-7,12,17,31H,5,8-11,13-14H2,1-3H3,(H,32,33)(H,26,27,28). The summed E-state index contributed by atoms with van der Waals surface area (Å²) in [4.78, 5) is 21.3. The predicted octanol–water partition coefficient (Wildman–Crippen LogP) is 3.18. The van der Waals surface area contributed by atoms with Gasteiger partial charge in [0.15, 0.2) is 16.8 Å². The average molecular weight is 576 g/mol. The third-order valence-electron chi connectivity index (χ3n) is 5.78. The predicted molar refractivity (Wildman–Crippen MR) is 137 cm³/mol. The number of aliphatic hydroxyl groups excluding tert-OH is 1. The minimum absolute atomic E-state index is 0.00221. The van der Waals surface area contributed by atoms with Gasteiger partial charge in [-0.05, 0) is 11.5 Å². The van der Waals surface area contributed by atoms with Crippen LogP contribution >= 0.6 is 11.8 Å². The van der Waals surface area contributed by atoms with Crippen molar-refractivity contribution in [2.24, 2.45) is 5.41 Å². The number of hydrogen-bond donors (Lipinski definition) is 3. The van der Waals surface area contributed by atoms with Crippen LogP contribution in [0.3, 0.4) is 0 Å². The van der Waals surface area contributed by atoms with E-state index in [1.807, 2.05) is 20.8 Å². The molecule has 1 aromatic heterocycles. The molecule has 0 bridgehead atoms. The lowest BCUT2D eigenvalue weighted by atomic mass is 9.85. The first-order chi connectivity index (χ1) is 17.8. The Labute approximate surface area is 224 Å². The number of carboxylic acid groups (broad SMARTS) is 1. The molecular formula is C23H31F2N5O6S2. The summed E-state index contributed by atoms with van der Waals surface area (Å²) in [5.41, 5.74) is -0.442. The highest BCUT2D eigenvalue weighted by molar-refractivity contribution is 7.98. The molecule has 3 rings (SSSR count). The van der Waals surface area contributed by atoms with Gasteiger partial charge in [0.1, 0.15) is 5.82 Å². The number of nitrogens with one attached hydrogen (secondary N) is 1. The van der Waals surface area contributed by atoms with Crippen LogP contribution in [0, 0.1) is 17.0 Å². The lowest BCUT2D eigenvalue weighted by Crippen LogP contribution is -2.61. The second kappa shape index (κ2) is 12.4. The molecule has 1 atom stereocenters. The summed E-state index contributed by atoms with van der Waals surface area (Å²) >= 11 is 0.954. The fraction of sp³-hybridized carbons (Fsp3) is 0.522. The molecule has 38 heavy (non-hydrogen) atoms. The van der Waals surface area contributed by atoms with Crippen LogP contribution in [0.25, 0.3) is 0 Å². The molecule has 1 amide bonds. The highest BCUT2D eigenvalue weighted by Gasteiger charge is 2.41. The SMILES string of the molecule is CC(C)(C)C1CN(S(=O)(=O)Nc2cc(OCCCO)nc(SCc3cccc(F)c3F)n2)CCN1C(=O)O. The first-order valence-corrected chi connectivity index (χ1v) is 14.2. The molecule has 1 saturated heterocycles. The van der Waals surface area contributed by atoms with Crippen LogP contribution in [0.2, 0.25) is 0 Å². The van der Waals surface area contributed by atoms with Gasteiger partial charge in [0.25, 0.3) is 0 Å². The van der Waals surface area contributed by atoms with Gasteiger partial charge in [-0.2, -0.15) is 17.7 Å². The molecule has 2 aromatic rings. The number of aromatic nitrogens is 2. The third-order valence-corrected chi connectivity index (χ3v) is 8.16. The van der Waals surface area contributed by atoms with Gasteiger partial charge < -0.3 is 19.8 Å². The van der Waals surface area contributed by atoms with E-state index in [0.29, 0.717) is 6.42 Å². The number of aliphatic hydroxyl groups is 1. The largest absolute Gasteiger partial charge is 0.477 e. The summed E-state index contributed by atoms with van der Waals surface area (Å²) in [7, 11) is -4.16. The van der Waals surface area contributed by atoms with Crippen molar-refractivity contribution in [1.29, 1.82) is 0 Å². The van der Waals surface area contributed by atoms with Gasteiger partial charge in [0.05, 0.1) is 12.6 Å². The summed E-state index contributed by atoms with van der Waals surface area (Å²) in [6, 6.07) is 4.48. The Morgan fingerprint density at radius 2 is 2.00 bits per heavy atom. The van der Waals surface area contributed by atoms with Gasteiger partial charge >= 0.3 is 16.3 Å². The van der Waals surface area contributed by atoms with E-state index in [2.05, 4.69) is 14.7 Å². The quantitative estimate of drug-likeness (QED) is 0.221. The average Bonchev–Trinajstić information content (AvgIpc) is 2.84. The zero-order chi connectivity index (χ0) is 28.1. The number of nitrogens with zero attached hydrogens (tertiary/aromatic N) is 4. The van der Waals surface area contributed by atoms with E-state index >= 15 is 0 Å². The summed E-state index contributed by atoms with van der Waals surface area (Å²) in [6.07, 6.45) is -0.809. The number of hydrogen-bond acceptors (Lipinski definition) is 8. The van der Waals surface area contributed by atoms with Crippen molar-refractivity contribution in [3.8, 4) is 5.88 Å². The topological polar surface area (TPSA) is 145 Å². The molecule has 210 valence electrons. The molecule has 3 N–H and O–H groups in total. The zero-order valence-corrected chi connectivity index (χ0v) is 22.9. The highest BCUT2D eigenvalue weighted by atomic mass is 32.2. The van der Waals surface area contributed by atoms with Crippen LogP contribution in [0.4, 0.5) is 19.4 Å². The summed E-state index contributed by atoms with van der Waals surface area (Å²) in [5.74, 6) is -2.11. The first kappa shape index (κ1) is 29.8. The normalized spacial score (nSPS) is 16.9. The number of rotatable bonds is 10. The summed E-state index contributed by atoms with van der Waals surface area (Å²) < 4.78 is 63.2. The maximum atomic E-state index is 14.1. The van der Waals surface area contributed by atoms with Crippen LogP contribution in [0.15, 0.2) is 29.4 Å². The summed E-state index contributed by atoms with van der Waals surface area (Å²) in [5, 5.41) is 18.6. The molecule has 1 fully saturated rings. The molecule has 1 aromatic carbocycles. The number of amides is 1. The van der Waals surface area contributed by atoms with Crippen LogP contribution in [0.5, 0.6) is 5.88 Å². The van der Waals surface area contributed by atoms with Crippen LogP contribution < -0.4 is 9.46 Å². The van der Waals surface area contributed by atoms with Gasteiger partial charge in [-0.1, -0.05) is 44.7 Å². The second-order valence-electron chi connectivity index (χ2n) is 9.62. The van der Waals surface area contributed by atoms with E-state index < -0.39 is 39.4 Å². The molecule has 1 aliphatic heterocycles. The molecule has 0 saturated carbocycles. The van der Waals surface area contributed by atoms with E-state index in [1.54, 1.807) is 0 Å². The van der Waals surface area contributed by atoms with Crippen LogP contribution in [0.1, 0.15) is 32.8 Å². The number of benzene rings is 1. The number of anilines is 1. The molecule has 15 heteroatoms. The Hall–Kier alpha value is -2.75. The monoisotopic (exact) mass is 575 g/mol. The Morgan fingerprint density at radius 3 is 2.66 bits per heavy atom. The summed E-state index contributed by atoms with van der Waals surface area (Å²) in [6.45, 7) is 5.37. The van der Waals surface area contributed by atoms with E-state index in [4.69, 9.17) is 9.84 Å². The second-order valence-corrected chi connectivity index (χ2v) is 12.2. The zero-order valence-electron chi connectivity index (χ0n) is 21.2. The van der Waals surface area contributed by atoms with Crippen molar-refractivity contribution in [1.82, 2.24) is 19.2 Å². The Balaban J connectivity index is 1.83. The number of halogens is 2. The molecule has 0 radical (unpaired) electrons. The van der Waals surface area contributed by atoms with Gasteiger partial charge in [-0.25, -0.2) is 18.6 Å². The Morgan fingerprint density at radius 1 is 1.26 bits per heavy atom. The minimum atomic E-state index is -4.16. The van der Waals surface area contributed by atoms with Crippen LogP contribution in [-0.2, 0) is 16.0 Å². The van der Waals surface area contributed by atoms with E-state index in [-0.39, 0.29) is 61.0 Å². The van der Waals surface area contributed by atoms with Gasteiger partial charge in [-0.3, -0.25) is 4.72 Å². The van der Waals surface area contributed by atoms with E-state index in [9.17, 15) is 27.1 Å². The number of carbonyl (C=O) groups is 1. The molecular weight excluding hydrogens is 544 g/mol. The molecule has 0 aliphatic carbocycles. The van der Waals surface area contributed by atoms with Crippen molar-refractivity contribution >= 4 is 33.9 Å². The lowest BCUT2D eigenvalue weighted by Gasteiger charge is -2.45. The molecule has 2 heterocycles. The Bertz CT molecular complexity index is 1250. The number of ether oxygens (including phenoxy) is 1. The van der Waals surface area contributed by atoms with Crippen molar-refractivity contribution in [2.75, 3.05) is 37.6 Å². The molecule has 1 aliphatic rings. The van der Waals surface area contributed by atoms with Gasteiger partial charge in [0, 0.05) is 50.0 Å².